The number of carbonyl (C=O) groups excluding carboxylic acids is 1. The smallest absolute Gasteiger partial charge is 0.315 e. The van der Waals surface area contributed by atoms with Gasteiger partial charge in [0.2, 0.25) is 0 Å². The van der Waals surface area contributed by atoms with Gasteiger partial charge in [-0.05, 0) is 32.0 Å². The zero-order valence-corrected chi connectivity index (χ0v) is 12.3. The van der Waals surface area contributed by atoms with E-state index in [1.807, 2.05) is 6.92 Å². The molecule has 118 valence electrons. The van der Waals surface area contributed by atoms with E-state index in [-0.39, 0.29) is 12.1 Å². The van der Waals surface area contributed by atoms with Gasteiger partial charge in [0.25, 0.3) is 0 Å². The topological polar surface area (TPSA) is 71.8 Å². The summed E-state index contributed by atoms with van der Waals surface area (Å²) >= 11 is 0. The minimum Gasteiger partial charge on any atom is -0.332 e. The number of hydrogen-bond acceptors (Lipinski definition) is 3. The third kappa shape index (κ3) is 3.78. The number of benzene rings is 1. The second-order valence-electron chi connectivity index (χ2n) is 4.75. The summed E-state index contributed by atoms with van der Waals surface area (Å²) in [6.45, 7) is 4.39. The highest BCUT2D eigenvalue weighted by Crippen LogP contribution is 2.17. The molecule has 0 unspecified atom stereocenters. The van der Waals surface area contributed by atoms with Gasteiger partial charge in [-0.3, -0.25) is 0 Å². The van der Waals surface area contributed by atoms with Crippen LogP contribution < -0.4 is 10.6 Å². The van der Waals surface area contributed by atoms with E-state index in [0.717, 1.165) is 18.2 Å². The number of aromatic nitrogens is 3. The molecule has 0 saturated carbocycles. The second-order valence-corrected chi connectivity index (χ2v) is 4.75. The zero-order chi connectivity index (χ0) is 16.1. The van der Waals surface area contributed by atoms with Crippen LogP contribution in [0.5, 0.6) is 0 Å². The lowest BCUT2D eigenvalue weighted by Crippen LogP contribution is -2.37. The Kier molecular flexibility index (Phi) is 5.03. The molecule has 1 heterocycles. The van der Waals surface area contributed by atoms with Gasteiger partial charge in [0, 0.05) is 12.1 Å². The third-order valence-corrected chi connectivity index (χ3v) is 3.22. The van der Waals surface area contributed by atoms with Crippen molar-refractivity contribution in [1.82, 2.24) is 25.4 Å². The molecule has 0 spiro atoms. The molecule has 2 N–H and O–H groups in total. The van der Waals surface area contributed by atoms with Crippen molar-refractivity contribution in [3.05, 3.63) is 47.5 Å². The first-order valence-electron chi connectivity index (χ1n) is 6.87. The Labute approximate surface area is 126 Å². The highest BCUT2D eigenvalue weighted by molar-refractivity contribution is 5.74. The molecule has 0 aliphatic heterocycles. The van der Waals surface area contributed by atoms with Gasteiger partial charge in [-0.25, -0.2) is 13.6 Å². The van der Waals surface area contributed by atoms with Crippen LogP contribution in [0, 0.1) is 11.6 Å². The van der Waals surface area contributed by atoms with Crippen LogP contribution in [0.4, 0.5) is 13.6 Å². The van der Waals surface area contributed by atoms with E-state index in [2.05, 4.69) is 20.8 Å². The summed E-state index contributed by atoms with van der Waals surface area (Å²) in [5.41, 5.74) is 0.0897. The zero-order valence-electron chi connectivity index (χ0n) is 12.3. The van der Waals surface area contributed by atoms with Crippen LogP contribution in [0.2, 0.25) is 0 Å². The van der Waals surface area contributed by atoms with Gasteiger partial charge in [-0.1, -0.05) is 0 Å². The van der Waals surface area contributed by atoms with Gasteiger partial charge in [-0.2, -0.15) is 0 Å². The molecule has 6 nitrogen and oxygen atoms in total. The number of nitrogens with zero attached hydrogens (tertiary/aromatic N) is 3. The summed E-state index contributed by atoms with van der Waals surface area (Å²) in [5, 5.41) is 12.8. The van der Waals surface area contributed by atoms with Gasteiger partial charge >= 0.3 is 6.03 Å². The normalized spacial score (nSPS) is 12.0. The maximum Gasteiger partial charge on any atom is 0.315 e. The van der Waals surface area contributed by atoms with Crippen molar-refractivity contribution in [2.24, 2.45) is 0 Å². The largest absolute Gasteiger partial charge is 0.332 e. The summed E-state index contributed by atoms with van der Waals surface area (Å²) in [6, 6.07) is 1.96. The summed E-state index contributed by atoms with van der Waals surface area (Å²) in [7, 11) is 0. The molecule has 0 aliphatic rings. The van der Waals surface area contributed by atoms with E-state index >= 15 is 0 Å². The summed E-state index contributed by atoms with van der Waals surface area (Å²) < 4.78 is 28.6. The first kappa shape index (κ1) is 15.9. The Bertz CT molecular complexity index is 658. The van der Waals surface area contributed by atoms with Crippen LogP contribution in [0.15, 0.2) is 24.5 Å². The molecule has 0 saturated heterocycles. The fourth-order valence-corrected chi connectivity index (χ4v) is 2.01. The van der Waals surface area contributed by atoms with Crippen molar-refractivity contribution in [1.29, 1.82) is 0 Å². The van der Waals surface area contributed by atoms with E-state index in [9.17, 15) is 13.6 Å². The number of nitrogens with one attached hydrogen (secondary N) is 2. The quantitative estimate of drug-likeness (QED) is 0.889. The van der Waals surface area contributed by atoms with E-state index in [0.29, 0.717) is 12.4 Å². The first-order valence-corrected chi connectivity index (χ1v) is 6.87. The lowest BCUT2D eigenvalue weighted by Gasteiger charge is -2.15. The van der Waals surface area contributed by atoms with Crippen LogP contribution in [-0.2, 0) is 13.1 Å². The molecular weight excluding hydrogens is 292 g/mol. The van der Waals surface area contributed by atoms with Gasteiger partial charge < -0.3 is 15.2 Å². The van der Waals surface area contributed by atoms with Crippen LogP contribution in [-0.4, -0.2) is 20.8 Å². The van der Waals surface area contributed by atoms with Crippen molar-refractivity contribution in [2.75, 3.05) is 0 Å². The molecule has 1 atom stereocenters. The fraction of sp³-hybridized carbons (Fsp3) is 0.357. The lowest BCUT2D eigenvalue weighted by atomic mass is 10.1. The average Bonchev–Trinajstić information content (AvgIpc) is 2.95. The number of halogens is 2. The molecule has 1 aromatic carbocycles. The highest BCUT2D eigenvalue weighted by atomic mass is 19.1. The number of urea groups is 1. The third-order valence-electron chi connectivity index (χ3n) is 3.22. The molecule has 22 heavy (non-hydrogen) atoms. The maximum absolute atomic E-state index is 13.6. The van der Waals surface area contributed by atoms with Gasteiger partial charge in [0.1, 0.15) is 18.0 Å². The second kappa shape index (κ2) is 6.97. The molecule has 0 bridgehead atoms. The SMILES string of the molecule is CCn1cnnc1CNC(=O)N[C@@H](C)c1cc(F)ccc1F. The van der Waals surface area contributed by atoms with Gasteiger partial charge in [-0.15, -0.1) is 10.2 Å². The molecule has 0 aliphatic carbocycles. The van der Waals surface area contributed by atoms with Crippen molar-refractivity contribution in [2.45, 2.75) is 33.0 Å². The van der Waals surface area contributed by atoms with Crippen molar-refractivity contribution >= 4 is 6.03 Å². The molecular formula is C14H17F2N5O. The lowest BCUT2D eigenvalue weighted by molar-refractivity contribution is 0.237. The van der Waals surface area contributed by atoms with E-state index in [1.54, 1.807) is 17.8 Å². The molecule has 2 amide bonds. The van der Waals surface area contributed by atoms with Crippen molar-refractivity contribution in [3.63, 3.8) is 0 Å². The molecule has 0 radical (unpaired) electrons. The summed E-state index contributed by atoms with van der Waals surface area (Å²) in [5.74, 6) is -0.510. The van der Waals surface area contributed by atoms with Crippen LogP contribution >= 0.6 is 0 Å². The van der Waals surface area contributed by atoms with E-state index < -0.39 is 23.7 Å². The predicted molar refractivity (Wildman–Crippen MR) is 75.8 cm³/mol. The molecule has 0 fully saturated rings. The number of amides is 2. The minimum absolute atomic E-state index is 0.0897. The van der Waals surface area contributed by atoms with Gasteiger partial charge in [0.05, 0.1) is 12.6 Å². The fourth-order valence-electron chi connectivity index (χ4n) is 2.01. The molecule has 2 aromatic rings. The Morgan fingerprint density at radius 3 is 2.91 bits per heavy atom. The Morgan fingerprint density at radius 2 is 2.18 bits per heavy atom. The molecule has 8 heteroatoms. The number of carbonyl (C=O) groups is 1. The monoisotopic (exact) mass is 309 g/mol. The van der Waals surface area contributed by atoms with Crippen LogP contribution in [0.3, 0.4) is 0 Å². The minimum atomic E-state index is -0.667. The number of hydrogen-bond donors (Lipinski definition) is 2. The predicted octanol–water partition coefficient (Wildman–Crippen LogP) is 2.14. The average molecular weight is 309 g/mol. The van der Waals surface area contributed by atoms with E-state index in [1.165, 1.54) is 0 Å². The van der Waals surface area contributed by atoms with Crippen LogP contribution in [0.1, 0.15) is 31.3 Å². The van der Waals surface area contributed by atoms with E-state index in [4.69, 9.17) is 0 Å². The first-order chi connectivity index (χ1) is 10.5. The highest BCUT2D eigenvalue weighted by Gasteiger charge is 2.15. The molecule has 1 aromatic heterocycles. The number of rotatable bonds is 5. The van der Waals surface area contributed by atoms with Crippen LogP contribution in [0.25, 0.3) is 0 Å². The summed E-state index contributed by atoms with van der Waals surface area (Å²) in [4.78, 5) is 11.8. The van der Waals surface area contributed by atoms with Crippen molar-refractivity contribution < 1.29 is 13.6 Å². The Balaban J connectivity index is 1.93. The summed E-state index contributed by atoms with van der Waals surface area (Å²) in [6.07, 6.45) is 1.57. The van der Waals surface area contributed by atoms with Crippen molar-refractivity contribution in [3.8, 4) is 0 Å². The van der Waals surface area contributed by atoms with Gasteiger partial charge in [0.15, 0.2) is 5.82 Å². The molecule has 2 rings (SSSR count). The Hall–Kier alpha value is -2.51. The number of aryl methyl sites for hydroxylation is 1. The maximum atomic E-state index is 13.6. The standard InChI is InChI=1S/C14H17F2N5O/c1-3-21-8-18-20-13(21)7-17-14(22)19-9(2)11-6-10(15)4-5-12(11)16/h4-6,8-9H,3,7H2,1-2H3,(H2,17,19,22)/t9-/m0/s1. The Morgan fingerprint density at radius 1 is 1.41 bits per heavy atom.